The van der Waals surface area contributed by atoms with Gasteiger partial charge in [0.25, 0.3) is 0 Å². The molecule has 2 atom stereocenters. The first-order valence-electron chi connectivity index (χ1n) is 7.35. The summed E-state index contributed by atoms with van der Waals surface area (Å²) in [7, 11) is 0. The molecule has 0 aromatic carbocycles. The largest absolute Gasteiger partial charge is 0.376 e. The molecule has 1 N–H and O–H groups in total. The fraction of sp³-hybridized carbons (Fsp3) is 1.00. The third kappa shape index (κ3) is 4.26. The van der Waals surface area contributed by atoms with Crippen LogP contribution in [0.25, 0.3) is 0 Å². The standard InChI is InChI=1S/C15H31NO/c1-6-11-16-13(12-9-8-10-12)14(17-7-2)15(3,4)5/h12-14,16H,6-11H2,1-5H3. The van der Waals surface area contributed by atoms with Gasteiger partial charge >= 0.3 is 0 Å². The van der Waals surface area contributed by atoms with Gasteiger partial charge in [-0.3, -0.25) is 0 Å². The van der Waals surface area contributed by atoms with E-state index < -0.39 is 0 Å². The highest BCUT2D eigenvalue weighted by Crippen LogP contribution is 2.36. The second-order valence-electron chi connectivity index (χ2n) is 6.41. The Morgan fingerprint density at radius 3 is 2.24 bits per heavy atom. The minimum atomic E-state index is 0.219. The quantitative estimate of drug-likeness (QED) is 0.735. The lowest BCUT2D eigenvalue weighted by Gasteiger charge is -2.44. The molecular weight excluding hydrogens is 210 g/mol. The van der Waals surface area contributed by atoms with Crippen LogP contribution in [0.5, 0.6) is 0 Å². The summed E-state index contributed by atoms with van der Waals surface area (Å²) in [5, 5.41) is 3.74. The van der Waals surface area contributed by atoms with Gasteiger partial charge in [-0.2, -0.15) is 0 Å². The van der Waals surface area contributed by atoms with Gasteiger partial charge in [-0.15, -0.1) is 0 Å². The van der Waals surface area contributed by atoms with Gasteiger partial charge in [0, 0.05) is 12.6 Å². The maximum absolute atomic E-state index is 6.06. The summed E-state index contributed by atoms with van der Waals surface area (Å²) in [5.41, 5.74) is 0.219. The molecule has 0 saturated heterocycles. The van der Waals surface area contributed by atoms with Crippen molar-refractivity contribution in [2.45, 2.75) is 72.4 Å². The third-order valence-corrected chi connectivity index (χ3v) is 3.81. The van der Waals surface area contributed by atoms with Crippen LogP contribution in [0.15, 0.2) is 0 Å². The van der Waals surface area contributed by atoms with E-state index in [1.54, 1.807) is 0 Å². The van der Waals surface area contributed by atoms with Crippen LogP contribution in [0.3, 0.4) is 0 Å². The summed E-state index contributed by atoms with van der Waals surface area (Å²) < 4.78 is 6.06. The van der Waals surface area contributed by atoms with E-state index in [0.29, 0.717) is 12.1 Å². The lowest BCUT2D eigenvalue weighted by Crippen LogP contribution is -2.54. The fourth-order valence-electron chi connectivity index (χ4n) is 2.70. The zero-order chi connectivity index (χ0) is 12.9. The lowest BCUT2D eigenvalue weighted by atomic mass is 9.72. The van der Waals surface area contributed by atoms with E-state index in [4.69, 9.17) is 4.74 Å². The summed E-state index contributed by atoms with van der Waals surface area (Å²) >= 11 is 0. The maximum atomic E-state index is 6.06. The molecule has 0 aliphatic heterocycles. The molecule has 0 amide bonds. The Labute approximate surface area is 108 Å². The maximum Gasteiger partial charge on any atom is 0.0778 e. The average Bonchev–Trinajstić information content (AvgIpc) is 2.16. The van der Waals surface area contributed by atoms with Crippen molar-refractivity contribution in [1.82, 2.24) is 5.32 Å². The molecule has 0 bridgehead atoms. The SMILES string of the molecule is CCCNC(C1CCC1)C(OCC)C(C)(C)C. The molecule has 0 radical (unpaired) electrons. The van der Waals surface area contributed by atoms with Crippen LogP contribution >= 0.6 is 0 Å². The highest BCUT2D eigenvalue weighted by Gasteiger charge is 2.39. The molecule has 1 saturated carbocycles. The van der Waals surface area contributed by atoms with Crippen molar-refractivity contribution in [2.75, 3.05) is 13.2 Å². The van der Waals surface area contributed by atoms with Crippen molar-refractivity contribution in [2.24, 2.45) is 11.3 Å². The van der Waals surface area contributed by atoms with Crippen molar-refractivity contribution in [3.63, 3.8) is 0 Å². The van der Waals surface area contributed by atoms with Crippen molar-refractivity contribution < 1.29 is 4.74 Å². The van der Waals surface area contributed by atoms with Gasteiger partial charge in [-0.1, -0.05) is 34.1 Å². The van der Waals surface area contributed by atoms with E-state index >= 15 is 0 Å². The second kappa shape index (κ2) is 6.75. The first-order valence-corrected chi connectivity index (χ1v) is 7.35. The molecule has 0 aromatic rings. The minimum Gasteiger partial charge on any atom is -0.376 e. The summed E-state index contributed by atoms with van der Waals surface area (Å²) in [6.07, 6.45) is 5.69. The van der Waals surface area contributed by atoms with Gasteiger partial charge in [0.2, 0.25) is 0 Å². The Kier molecular flexibility index (Phi) is 5.94. The summed E-state index contributed by atoms with van der Waals surface area (Å²) in [6, 6.07) is 0.545. The Morgan fingerprint density at radius 2 is 1.88 bits per heavy atom. The van der Waals surface area contributed by atoms with E-state index in [2.05, 4.69) is 39.9 Å². The summed E-state index contributed by atoms with van der Waals surface area (Å²) in [6.45, 7) is 13.2. The lowest BCUT2D eigenvalue weighted by molar-refractivity contribution is -0.0577. The van der Waals surface area contributed by atoms with Crippen LogP contribution in [-0.4, -0.2) is 25.3 Å². The van der Waals surface area contributed by atoms with Gasteiger partial charge in [0.1, 0.15) is 0 Å². The Morgan fingerprint density at radius 1 is 1.24 bits per heavy atom. The van der Waals surface area contributed by atoms with Gasteiger partial charge in [0.05, 0.1) is 6.10 Å². The zero-order valence-corrected chi connectivity index (χ0v) is 12.4. The molecule has 102 valence electrons. The molecule has 2 unspecified atom stereocenters. The number of rotatable bonds is 7. The Balaban J connectivity index is 2.68. The van der Waals surface area contributed by atoms with Crippen LogP contribution < -0.4 is 5.32 Å². The number of nitrogens with one attached hydrogen (secondary N) is 1. The van der Waals surface area contributed by atoms with Crippen LogP contribution in [0.1, 0.15) is 60.3 Å². The van der Waals surface area contributed by atoms with Gasteiger partial charge in [0.15, 0.2) is 0 Å². The predicted octanol–water partition coefficient (Wildman–Crippen LogP) is 3.61. The van der Waals surface area contributed by atoms with E-state index in [1.807, 2.05) is 0 Å². The molecule has 1 aliphatic rings. The molecule has 2 nitrogen and oxygen atoms in total. The summed E-state index contributed by atoms with van der Waals surface area (Å²) in [4.78, 5) is 0. The van der Waals surface area contributed by atoms with Crippen LogP contribution in [-0.2, 0) is 4.74 Å². The van der Waals surface area contributed by atoms with Crippen LogP contribution in [0.4, 0.5) is 0 Å². The normalized spacial score (nSPS) is 21.0. The molecule has 2 heteroatoms. The molecule has 0 spiro atoms. The predicted molar refractivity (Wildman–Crippen MR) is 74.3 cm³/mol. The van der Waals surface area contributed by atoms with Gasteiger partial charge in [-0.05, 0) is 44.1 Å². The molecular formula is C15H31NO. The molecule has 1 aliphatic carbocycles. The number of hydrogen-bond donors (Lipinski definition) is 1. The molecule has 1 fully saturated rings. The van der Waals surface area contributed by atoms with E-state index in [9.17, 15) is 0 Å². The molecule has 17 heavy (non-hydrogen) atoms. The van der Waals surface area contributed by atoms with Crippen molar-refractivity contribution in [3.8, 4) is 0 Å². The topological polar surface area (TPSA) is 21.3 Å². The van der Waals surface area contributed by atoms with E-state index in [1.165, 1.54) is 25.7 Å². The zero-order valence-electron chi connectivity index (χ0n) is 12.4. The van der Waals surface area contributed by atoms with Crippen LogP contribution in [0, 0.1) is 11.3 Å². The fourth-order valence-corrected chi connectivity index (χ4v) is 2.70. The van der Waals surface area contributed by atoms with Crippen molar-refractivity contribution in [3.05, 3.63) is 0 Å². The molecule has 0 aromatic heterocycles. The van der Waals surface area contributed by atoms with Gasteiger partial charge < -0.3 is 10.1 Å². The highest BCUT2D eigenvalue weighted by molar-refractivity contribution is 4.93. The smallest absolute Gasteiger partial charge is 0.0778 e. The first-order chi connectivity index (χ1) is 8.00. The van der Waals surface area contributed by atoms with E-state index in [-0.39, 0.29) is 5.41 Å². The third-order valence-electron chi connectivity index (χ3n) is 3.81. The first kappa shape index (κ1) is 15.0. The number of ether oxygens (including phenoxy) is 1. The molecule has 1 rings (SSSR count). The van der Waals surface area contributed by atoms with Gasteiger partial charge in [-0.25, -0.2) is 0 Å². The average molecular weight is 241 g/mol. The monoisotopic (exact) mass is 241 g/mol. The molecule has 0 heterocycles. The Bertz CT molecular complexity index is 205. The summed E-state index contributed by atoms with van der Waals surface area (Å²) in [5.74, 6) is 0.831. The van der Waals surface area contributed by atoms with E-state index in [0.717, 1.165) is 19.1 Å². The minimum absolute atomic E-state index is 0.219. The number of hydrogen-bond acceptors (Lipinski definition) is 2. The second-order valence-corrected chi connectivity index (χ2v) is 6.41. The van der Waals surface area contributed by atoms with Crippen molar-refractivity contribution in [1.29, 1.82) is 0 Å². The highest BCUT2D eigenvalue weighted by atomic mass is 16.5. The van der Waals surface area contributed by atoms with Crippen LogP contribution in [0.2, 0.25) is 0 Å². The van der Waals surface area contributed by atoms with Crippen molar-refractivity contribution >= 4 is 0 Å². The Hall–Kier alpha value is -0.0800.